The molecule has 0 aromatic carbocycles. The summed E-state index contributed by atoms with van der Waals surface area (Å²) in [5, 5.41) is 6.35. The summed E-state index contributed by atoms with van der Waals surface area (Å²) in [5.41, 5.74) is 0. The Kier molecular flexibility index (Phi) is 4.48. The van der Waals surface area contributed by atoms with Gasteiger partial charge in [-0.05, 0) is 50.0 Å². The van der Waals surface area contributed by atoms with E-state index in [9.17, 15) is 9.59 Å². The minimum absolute atomic E-state index is 0.0379. The molecular weight excluding hydrogens is 266 g/mol. The lowest BCUT2D eigenvalue weighted by atomic mass is 9.91. The van der Waals surface area contributed by atoms with Crippen molar-refractivity contribution in [2.75, 3.05) is 26.2 Å². The summed E-state index contributed by atoms with van der Waals surface area (Å²) >= 11 is 0. The van der Waals surface area contributed by atoms with Crippen LogP contribution >= 0.6 is 0 Å². The average Bonchev–Trinajstić information content (AvgIpc) is 3.07. The Morgan fingerprint density at radius 2 is 1.95 bits per heavy atom. The predicted octanol–water partition coefficient (Wildman–Crippen LogP) is 0.749. The predicted molar refractivity (Wildman–Crippen MR) is 80.6 cm³/mol. The van der Waals surface area contributed by atoms with Gasteiger partial charge in [-0.1, -0.05) is 6.42 Å². The third-order valence-corrected chi connectivity index (χ3v) is 5.58. The fraction of sp³-hybridized carbons (Fsp3) is 0.875. The van der Waals surface area contributed by atoms with Crippen LogP contribution in [0.4, 0.5) is 0 Å². The van der Waals surface area contributed by atoms with Crippen LogP contribution in [0.3, 0.4) is 0 Å². The molecule has 3 atom stereocenters. The Hall–Kier alpha value is -1.10. The zero-order chi connectivity index (χ0) is 14.8. The smallest absolute Gasteiger partial charge is 0.240 e. The van der Waals surface area contributed by atoms with Crippen LogP contribution in [-0.4, -0.2) is 48.9 Å². The molecule has 3 aliphatic rings. The van der Waals surface area contributed by atoms with Gasteiger partial charge in [0.25, 0.3) is 0 Å². The van der Waals surface area contributed by atoms with E-state index in [0.29, 0.717) is 17.7 Å². The highest BCUT2D eigenvalue weighted by atomic mass is 16.2. The van der Waals surface area contributed by atoms with Gasteiger partial charge in [-0.3, -0.25) is 9.59 Å². The van der Waals surface area contributed by atoms with Gasteiger partial charge < -0.3 is 15.5 Å². The molecule has 0 radical (unpaired) electrons. The number of likely N-dealkylation sites (tertiary alicyclic amines) is 1. The second kappa shape index (κ2) is 6.34. The van der Waals surface area contributed by atoms with Crippen molar-refractivity contribution in [3.8, 4) is 0 Å². The second-order valence-electron chi connectivity index (χ2n) is 6.95. The molecule has 118 valence electrons. The summed E-state index contributed by atoms with van der Waals surface area (Å²) in [6, 6.07) is 0.0735. The molecule has 3 fully saturated rings. The number of carbonyl (C=O) groups is 2. The molecule has 2 heterocycles. The summed E-state index contributed by atoms with van der Waals surface area (Å²) < 4.78 is 0. The molecule has 5 nitrogen and oxygen atoms in total. The van der Waals surface area contributed by atoms with Gasteiger partial charge >= 0.3 is 0 Å². The van der Waals surface area contributed by atoms with Crippen LogP contribution in [0.5, 0.6) is 0 Å². The second-order valence-corrected chi connectivity index (χ2v) is 6.95. The Morgan fingerprint density at radius 3 is 2.67 bits per heavy atom. The van der Waals surface area contributed by atoms with Gasteiger partial charge in [-0.15, -0.1) is 0 Å². The lowest BCUT2D eigenvalue weighted by Gasteiger charge is -2.34. The van der Waals surface area contributed by atoms with Crippen molar-refractivity contribution < 1.29 is 9.59 Å². The minimum Gasteiger partial charge on any atom is -0.356 e. The number of hydrogen-bond donors (Lipinski definition) is 2. The van der Waals surface area contributed by atoms with Crippen LogP contribution in [0.15, 0.2) is 0 Å². The van der Waals surface area contributed by atoms with Gasteiger partial charge in [-0.2, -0.15) is 0 Å². The molecule has 2 aliphatic heterocycles. The Balaban J connectivity index is 1.48. The first kappa shape index (κ1) is 14.8. The zero-order valence-electron chi connectivity index (χ0n) is 12.9. The van der Waals surface area contributed by atoms with Crippen molar-refractivity contribution in [2.45, 2.75) is 45.1 Å². The summed E-state index contributed by atoms with van der Waals surface area (Å²) in [6.45, 7) is 5.03. The molecule has 3 unspecified atom stereocenters. The van der Waals surface area contributed by atoms with Crippen LogP contribution in [-0.2, 0) is 9.59 Å². The maximum absolute atomic E-state index is 12.7. The Morgan fingerprint density at radius 1 is 1.19 bits per heavy atom. The van der Waals surface area contributed by atoms with E-state index in [4.69, 9.17) is 0 Å². The first-order valence-corrected chi connectivity index (χ1v) is 8.41. The molecule has 0 aromatic heterocycles. The van der Waals surface area contributed by atoms with E-state index in [2.05, 4.69) is 10.6 Å². The molecule has 1 aliphatic carbocycles. The van der Waals surface area contributed by atoms with Gasteiger partial charge in [0, 0.05) is 26.6 Å². The van der Waals surface area contributed by atoms with Crippen LogP contribution in [0, 0.1) is 17.8 Å². The van der Waals surface area contributed by atoms with Crippen molar-refractivity contribution in [2.24, 2.45) is 17.8 Å². The summed E-state index contributed by atoms with van der Waals surface area (Å²) in [5.74, 6) is 2.19. The molecule has 2 amide bonds. The van der Waals surface area contributed by atoms with E-state index in [1.54, 1.807) is 6.92 Å². The standard InChI is InChI=1S/C16H27N3O2/c1-11(20)17-9-12-5-7-19(8-6-12)16(21)15-14-4-2-3-13(14)10-18-15/h12-15,18H,2-10H2,1H3,(H,17,20). The van der Waals surface area contributed by atoms with E-state index in [0.717, 1.165) is 44.9 Å². The van der Waals surface area contributed by atoms with Crippen molar-refractivity contribution in [3.63, 3.8) is 0 Å². The SMILES string of the molecule is CC(=O)NCC1CCN(C(=O)C2NCC3CCCC32)CC1. The van der Waals surface area contributed by atoms with Gasteiger partial charge in [0.1, 0.15) is 0 Å². The van der Waals surface area contributed by atoms with E-state index in [1.807, 2.05) is 4.90 Å². The van der Waals surface area contributed by atoms with Crippen LogP contribution in [0.25, 0.3) is 0 Å². The molecule has 21 heavy (non-hydrogen) atoms. The summed E-state index contributed by atoms with van der Waals surface area (Å²) in [4.78, 5) is 25.7. The Labute approximate surface area is 126 Å². The van der Waals surface area contributed by atoms with E-state index in [1.165, 1.54) is 19.3 Å². The third-order valence-electron chi connectivity index (χ3n) is 5.58. The fourth-order valence-corrected chi connectivity index (χ4v) is 4.30. The molecule has 2 N–H and O–H groups in total. The highest BCUT2D eigenvalue weighted by Crippen LogP contribution is 2.38. The fourth-order valence-electron chi connectivity index (χ4n) is 4.30. The molecule has 0 spiro atoms. The maximum atomic E-state index is 12.7. The molecule has 2 saturated heterocycles. The van der Waals surface area contributed by atoms with Gasteiger partial charge in [0.15, 0.2) is 0 Å². The van der Waals surface area contributed by atoms with Crippen LogP contribution < -0.4 is 10.6 Å². The molecule has 0 bridgehead atoms. The zero-order valence-corrected chi connectivity index (χ0v) is 12.9. The van der Waals surface area contributed by atoms with E-state index < -0.39 is 0 Å². The molecule has 5 heteroatoms. The summed E-state index contributed by atoms with van der Waals surface area (Å²) in [6.07, 6.45) is 5.81. The topological polar surface area (TPSA) is 61.4 Å². The number of nitrogens with one attached hydrogen (secondary N) is 2. The first-order chi connectivity index (χ1) is 10.1. The van der Waals surface area contributed by atoms with Crippen molar-refractivity contribution >= 4 is 11.8 Å². The molecule has 3 rings (SSSR count). The number of fused-ring (bicyclic) bond motifs is 1. The third kappa shape index (κ3) is 3.23. The van der Waals surface area contributed by atoms with Crippen molar-refractivity contribution in [1.29, 1.82) is 0 Å². The van der Waals surface area contributed by atoms with Gasteiger partial charge in [-0.25, -0.2) is 0 Å². The minimum atomic E-state index is 0.0379. The van der Waals surface area contributed by atoms with Crippen LogP contribution in [0.2, 0.25) is 0 Å². The van der Waals surface area contributed by atoms with Crippen molar-refractivity contribution in [1.82, 2.24) is 15.5 Å². The quantitative estimate of drug-likeness (QED) is 0.807. The number of piperidine rings is 1. The largest absolute Gasteiger partial charge is 0.356 e. The first-order valence-electron chi connectivity index (χ1n) is 8.41. The highest BCUT2D eigenvalue weighted by Gasteiger charge is 2.44. The normalized spacial score (nSPS) is 33.0. The van der Waals surface area contributed by atoms with Gasteiger partial charge in [0.2, 0.25) is 11.8 Å². The molecule has 0 aromatic rings. The summed E-state index contributed by atoms with van der Waals surface area (Å²) in [7, 11) is 0. The van der Waals surface area contributed by atoms with E-state index >= 15 is 0 Å². The number of amides is 2. The Bertz CT molecular complexity index is 404. The van der Waals surface area contributed by atoms with Crippen molar-refractivity contribution in [3.05, 3.63) is 0 Å². The number of hydrogen-bond acceptors (Lipinski definition) is 3. The van der Waals surface area contributed by atoms with Gasteiger partial charge in [0.05, 0.1) is 6.04 Å². The van der Waals surface area contributed by atoms with Crippen LogP contribution in [0.1, 0.15) is 39.0 Å². The lowest BCUT2D eigenvalue weighted by molar-refractivity contribution is -0.135. The lowest BCUT2D eigenvalue weighted by Crippen LogP contribution is -2.49. The number of carbonyl (C=O) groups excluding carboxylic acids is 2. The number of rotatable bonds is 3. The number of nitrogens with zero attached hydrogens (tertiary/aromatic N) is 1. The average molecular weight is 293 g/mol. The monoisotopic (exact) mass is 293 g/mol. The molecule has 1 saturated carbocycles. The molecular formula is C16H27N3O2. The van der Waals surface area contributed by atoms with E-state index in [-0.39, 0.29) is 11.9 Å². The highest BCUT2D eigenvalue weighted by molar-refractivity contribution is 5.82. The maximum Gasteiger partial charge on any atom is 0.240 e.